The molecule has 1 fully saturated rings. The standard InChI is InChI=1S/C11H22N4O3S/c1-14-4-6-15(7-5-14)13-11(18)12-9(10(16)17)3-8-19-2/h9H,3-8H2,1-2H3,(H,16,17)(H2,12,13,18)/t9-/m0/s1. The van der Waals surface area contributed by atoms with E-state index in [2.05, 4.69) is 15.6 Å². The monoisotopic (exact) mass is 290 g/mol. The molecular weight excluding hydrogens is 268 g/mol. The van der Waals surface area contributed by atoms with Gasteiger partial charge in [-0.15, -0.1) is 0 Å². The fraction of sp³-hybridized carbons (Fsp3) is 0.818. The van der Waals surface area contributed by atoms with Gasteiger partial charge in [0, 0.05) is 26.2 Å². The summed E-state index contributed by atoms with van der Waals surface area (Å²) in [6.45, 7) is 3.25. The first kappa shape index (κ1) is 16.1. The van der Waals surface area contributed by atoms with E-state index in [9.17, 15) is 9.59 Å². The third-order valence-electron chi connectivity index (χ3n) is 2.98. The highest BCUT2D eigenvalue weighted by Gasteiger charge is 2.21. The summed E-state index contributed by atoms with van der Waals surface area (Å²) in [5.74, 6) is -0.297. The summed E-state index contributed by atoms with van der Waals surface area (Å²) in [5, 5.41) is 13.3. The molecule has 7 nitrogen and oxygen atoms in total. The zero-order valence-corrected chi connectivity index (χ0v) is 12.2. The van der Waals surface area contributed by atoms with Crippen LogP contribution in [0, 0.1) is 0 Å². The molecule has 1 saturated heterocycles. The number of nitrogens with zero attached hydrogens (tertiary/aromatic N) is 2. The van der Waals surface area contributed by atoms with Crippen LogP contribution in [-0.2, 0) is 4.79 Å². The second-order valence-corrected chi connectivity index (χ2v) is 5.53. The van der Waals surface area contributed by atoms with Crippen molar-refractivity contribution in [3.05, 3.63) is 0 Å². The Kier molecular flexibility index (Phi) is 6.96. The highest BCUT2D eigenvalue weighted by atomic mass is 32.2. The summed E-state index contributed by atoms with van der Waals surface area (Å²) in [6, 6.07) is -1.28. The molecule has 1 aliphatic rings. The number of thioether (sulfide) groups is 1. The lowest BCUT2D eigenvalue weighted by Crippen LogP contribution is -2.56. The topological polar surface area (TPSA) is 84.9 Å². The first-order chi connectivity index (χ1) is 9.02. The molecule has 0 saturated carbocycles. The molecule has 0 aliphatic carbocycles. The molecule has 1 atom stereocenters. The fourth-order valence-electron chi connectivity index (χ4n) is 1.75. The van der Waals surface area contributed by atoms with Crippen LogP contribution in [0.3, 0.4) is 0 Å². The van der Waals surface area contributed by atoms with Gasteiger partial charge in [0.05, 0.1) is 0 Å². The van der Waals surface area contributed by atoms with Gasteiger partial charge in [0.1, 0.15) is 6.04 Å². The van der Waals surface area contributed by atoms with Crippen LogP contribution in [-0.4, -0.2) is 78.3 Å². The number of hydrazine groups is 1. The smallest absolute Gasteiger partial charge is 0.330 e. The summed E-state index contributed by atoms with van der Waals surface area (Å²) >= 11 is 1.56. The van der Waals surface area contributed by atoms with Crippen LogP contribution in [0.15, 0.2) is 0 Å². The molecule has 1 rings (SSSR count). The molecule has 0 radical (unpaired) electrons. The molecule has 8 heteroatoms. The van der Waals surface area contributed by atoms with Crippen LogP contribution in [0.5, 0.6) is 0 Å². The Morgan fingerprint density at radius 2 is 1.95 bits per heavy atom. The van der Waals surface area contributed by atoms with E-state index in [0.29, 0.717) is 12.2 Å². The number of carbonyl (C=O) groups excluding carboxylic acids is 1. The van der Waals surface area contributed by atoms with Crippen LogP contribution in [0.25, 0.3) is 0 Å². The molecule has 1 heterocycles. The summed E-state index contributed by atoms with van der Waals surface area (Å²) in [4.78, 5) is 24.9. The number of nitrogens with one attached hydrogen (secondary N) is 2. The van der Waals surface area contributed by atoms with Crippen molar-refractivity contribution in [2.24, 2.45) is 0 Å². The van der Waals surface area contributed by atoms with Crippen molar-refractivity contribution in [2.75, 3.05) is 45.2 Å². The van der Waals surface area contributed by atoms with E-state index in [0.717, 1.165) is 26.2 Å². The largest absolute Gasteiger partial charge is 0.480 e. The van der Waals surface area contributed by atoms with E-state index >= 15 is 0 Å². The van der Waals surface area contributed by atoms with E-state index in [1.807, 2.05) is 18.3 Å². The molecule has 3 N–H and O–H groups in total. The van der Waals surface area contributed by atoms with Gasteiger partial charge in [-0.3, -0.25) is 5.43 Å². The van der Waals surface area contributed by atoms with Crippen LogP contribution in [0.1, 0.15) is 6.42 Å². The van der Waals surface area contributed by atoms with Crippen LogP contribution >= 0.6 is 11.8 Å². The number of hydrogen-bond donors (Lipinski definition) is 3. The first-order valence-corrected chi connectivity index (χ1v) is 7.64. The lowest BCUT2D eigenvalue weighted by atomic mass is 10.2. The predicted octanol–water partition coefficient (Wildman–Crippen LogP) is -0.346. The van der Waals surface area contributed by atoms with Crippen molar-refractivity contribution in [2.45, 2.75) is 12.5 Å². The van der Waals surface area contributed by atoms with Gasteiger partial charge in [0.2, 0.25) is 0 Å². The van der Waals surface area contributed by atoms with Gasteiger partial charge in [-0.2, -0.15) is 11.8 Å². The highest BCUT2D eigenvalue weighted by Crippen LogP contribution is 2.01. The first-order valence-electron chi connectivity index (χ1n) is 6.25. The molecule has 0 aromatic carbocycles. The molecule has 1 aliphatic heterocycles. The van der Waals surface area contributed by atoms with Crippen molar-refractivity contribution in [1.29, 1.82) is 0 Å². The molecule has 0 spiro atoms. The average molecular weight is 290 g/mol. The summed E-state index contributed by atoms with van der Waals surface area (Å²) in [7, 11) is 2.03. The van der Waals surface area contributed by atoms with Gasteiger partial charge in [-0.25, -0.2) is 14.6 Å². The van der Waals surface area contributed by atoms with Gasteiger partial charge < -0.3 is 15.3 Å². The quantitative estimate of drug-likeness (QED) is 0.620. The Labute approximate surface area is 117 Å². The Hall–Kier alpha value is -0.990. The second kappa shape index (κ2) is 8.23. The predicted molar refractivity (Wildman–Crippen MR) is 75.2 cm³/mol. The molecule has 19 heavy (non-hydrogen) atoms. The van der Waals surface area contributed by atoms with E-state index in [4.69, 9.17) is 5.11 Å². The number of aliphatic carboxylic acids is 1. The molecule has 0 aromatic rings. The van der Waals surface area contributed by atoms with Crippen LogP contribution < -0.4 is 10.7 Å². The minimum absolute atomic E-state index is 0.423. The number of amides is 2. The van der Waals surface area contributed by atoms with Gasteiger partial charge >= 0.3 is 12.0 Å². The normalized spacial score (nSPS) is 18.8. The van der Waals surface area contributed by atoms with E-state index in [1.54, 1.807) is 11.8 Å². The van der Waals surface area contributed by atoms with Gasteiger partial charge in [-0.1, -0.05) is 0 Å². The zero-order valence-electron chi connectivity index (χ0n) is 11.4. The second-order valence-electron chi connectivity index (χ2n) is 4.55. The summed E-state index contributed by atoms with van der Waals surface area (Å²) in [5.41, 5.74) is 2.69. The zero-order chi connectivity index (χ0) is 14.3. The van der Waals surface area contributed by atoms with Gasteiger partial charge in [0.25, 0.3) is 0 Å². The lowest BCUT2D eigenvalue weighted by Gasteiger charge is -2.32. The van der Waals surface area contributed by atoms with Crippen molar-refractivity contribution >= 4 is 23.8 Å². The maximum absolute atomic E-state index is 11.7. The van der Waals surface area contributed by atoms with Crippen molar-refractivity contribution in [1.82, 2.24) is 20.7 Å². The molecule has 0 aromatic heterocycles. The average Bonchev–Trinajstić information content (AvgIpc) is 2.37. The number of rotatable bonds is 6. The number of likely N-dealkylation sites (N-methyl/N-ethyl adjacent to an activating group) is 1. The molecule has 2 amide bonds. The van der Waals surface area contributed by atoms with Gasteiger partial charge in [-0.05, 0) is 25.5 Å². The number of hydrogen-bond acceptors (Lipinski definition) is 5. The Morgan fingerprint density at radius 3 is 2.47 bits per heavy atom. The number of carboxylic acids is 1. The number of urea groups is 1. The highest BCUT2D eigenvalue weighted by molar-refractivity contribution is 7.98. The van der Waals surface area contributed by atoms with Crippen LogP contribution in [0.4, 0.5) is 4.79 Å². The number of carboxylic acid groups (broad SMARTS) is 1. The number of piperazine rings is 1. The molecular formula is C11H22N4O3S. The maximum atomic E-state index is 11.7. The summed E-state index contributed by atoms with van der Waals surface area (Å²) < 4.78 is 0. The van der Waals surface area contributed by atoms with Crippen molar-refractivity contribution in [3.63, 3.8) is 0 Å². The molecule has 110 valence electrons. The van der Waals surface area contributed by atoms with E-state index < -0.39 is 18.0 Å². The summed E-state index contributed by atoms with van der Waals surface area (Å²) in [6.07, 6.45) is 2.33. The number of carbonyl (C=O) groups is 2. The third kappa shape index (κ3) is 6.13. The Bertz CT molecular complexity index is 308. The fourth-order valence-corrected chi connectivity index (χ4v) is 2.22. The lowest BCUT2D eigenvalue weighted by molar-refractivity contribution is -0.139. The maximum Gasteiger partial charge on any atom is 0.330 e. The van der Waals surface area contributed by atoms with Crippen molar-refractivity contribution in [3.8, 4) is 0 Å². The molecule has 0 unspecified atom stereocenters. The third-order valence-corrected chi connectivity index (χ3v) is 3.62. The Balaban J connectivity index is 2.33. The minimum atomic E-state index is -0.998. The van der Waals surface area contributed by atoms with Gasteiger partial charge in [0.15, 0.2) is 0 Å². The minimum Gasteiger partial charge on any atom is -0.480 e. The van der Waals surface area contributed by atoms with Crippen LogP contribution in [0.2, 0.25) is 0 Å². The Morgan fingerprint density at radius 1 is 1.32 bits per heavy atom. The molecule has 0 bridgehead atoms. The van der Waals surface area contributed by atoms with E-state index in [-0.39, 0.29) is 0 Å². The van der Waals surface area contributed by atoms with E-state index in [1.165, 1.54) is 0 Å². The van der Waals surface area contributed by atoms with Crippen molar-refractivity contribution < 1.29 is 14.7 Å². The SMILES string of the molecule is CSCC[C@H](NC(=O)NN1CCN(C)CC1)C(=O)O.